The molecule has 0 amide bonds. The monoisotopic (exact) mass is 243 g/mol. The van der Waals surface area contributed by atoms with Gasteiger partial charge < -0.3 is 4.90 Å². The average Bonchev–Trinajstić information content (AvgIpc) is 3.30. The van der Waals surface area contributed by atoms with E-state index in [0.717, 1.165) is 36.4 Å². The van der Waals surface area contributed by atoms with Crippen LogP contribution >= 0.6 is 0 Å². The molecule has 94 valence electrons. The molecule has 2 saturated carbocycles. The smallest absolute Gasteiger partial charge is 0.203 e. The Kier molecular flexibility index (Phi) is 2.25. The number of hydrogen-bond donors (Lipinski definition) is 0. The summed E-state index contributed by atoms with van der Waals surface area (Å²) in [6.45, 7) is 2.27. The van der Waals surface area contributed by atoms with E-state index in [4.69, 9.17) is 0 Å². The summed E-state index contributed by atoms with van der Waals surface area (Å²) in [4.78, 5) is 6.97. The fourth-order valence-electron chi connectivity index (χ4n) is 2.44. The van der Waals surface area contributed by atoms with Gasteiger partial charge in [-0.2, -0.15) is 0 Å². The predicted molar refractivity (Wildman–Crippen MR) is 68.4 cm³/mol. The first kappa shape index (κ1) is 10.3. The molecule has 0 N–H and O–H groups in total. The topological polar surface area (TPSA) is 46.3 Å². The number of anilines is 1. The Labute approximate surface area is 106 Å². The van der Waals surface area contributed by atoms with Crippen molar-refractivity contribution in [3.05, 3.63) is 18.7 Å². The molecule has 2 fully saturated rings. The maximum Gasteiger partial charge on any atom is 0.203 e. The van der Waals surface area contributed by atoms with Crippen LogP contribution < -0.4 is 4.90 Å². The lowest BCUT2D eigenvalue weighted by molar-refractivity contribution is 0.671. The largest absolute Gasteiger partial charge is 0.353 e. The van der Waals surface area contributed by atoms with Gasteiger partial charge in [0.1, 0.15) is 6.33 Å². The van der Waals surface area contributed by atoms with Crippen molar-refractivity contribution in [3.63, 3.8) is 0 Å². The van der Waals surface area contributed by atoms with Crippen LogP contribution in [0.4, 0.5) is 5.82 Å². The molecule has 0 aromatic carbocycles. The van der Waals surface area contributed by atoms with E-state index in [9.17, 15) is 0 Å². The van der Waals surface area contributed by atoms with Gasteiger partial charge in [0.15, 0.2) is 5.82 Å². The van der Waals surface area contributed by atoms with Crippen molar-refractivity contribution in [3.8, 4) is 0 Å². The molecule has 0 unspecified atom stereocenters. The summed E-state index contributed by atoms with van der Waals surface area (Å²) in [5.41, 5.74) is 0.888. The van der Waals surface area contributed by atoms with Gasteiger partial charge in [-0.25, -0.2) is 4.98 Å². The highest BCUT2D eigenvalue weighted by Crippen LogP contribution is 2.35. The molecule has 2 aromatic rings. The second-order valence-corrected chi connectivity index (χ2v) is 5.60. The van der Waals surface area contributed by atoms with Crippen LogP contribution in [0.15, 0.2) is 18.7 Å². The zero-order chi connectivity index (χ0) is 11.9. The Bertz CT molecular complexity index is 541. The van der Waals surface area contributed by atoms with Crippen molar-refractivity contribution in [1.29, 1.82) is 0 Å². The van der Waals surface area contributed by atoms with E-state index in [1.54, 1.807) is 6.33 Å². The quantitative estimate of drug-likeness (QED) is 0.802. The van der Waals surface area contributed by atoms with Gasteiger partial charge in [0.25, 0.3) is 0 Å². The second kappa shape index (κ2) is 3.93. The molecule has 2 heterocycles. The minimum atomic E-state index is 0.869. The molecule has 4 rings (SSSR count). The van der Waals surface area contributed by atoms with Crippen LogP contribution in [0.3, 0.4) is 0 Å². The van der Waals surface area contributed by atoms with E-state index in [2.05, 4.69) is 20.1 Å². The fraction of sp³-hybridized carbons (Fsp3) is 0.615. The van der Waals surface area contributed by atoms with Crippen molar-refractivity contribution in [2.75, 3.05) is 18.0 Å². The Balaban J connectivity index is 1.68. The first-order valence-electron chi connectivity index (χ1n) is 6.79. The Morgan fingerprint density at radius 3 is 2.56 bits per heavy atom. The first-order chi connectivity index (χ1) is 8.90. The lowest BCUT2D eigenvalue weighted by Crippen LogP contribution is -2.29. The van der Waals surface area contributed by atoms with Crippen LogP contribution in [0.1, 0.15) is 25.7 Å². The normalized spacial score (nSPS) is 19.3. The van der Waals surface area contributed by atoms with Crippen LogP contribution in [0.25, 0.3) is 5.65 Å². The highest BCUT2D eigenvalue weighted by molar-refractivity contribution is 5.63. The Morgan fingerprint density at radius 1 is 1.17 bits per heavy atom. The third-order valence-electron chi connectivity index (χ3n) is 3.85. The van der Waals surface area contributed by atoms with Gasteiger partial charge in [0.05, 0.1) is 0 Å². The summed E-state index contributed by atoms with van der Waals surface area (Å²) in [7, 11) is 0. The lowest BCUT2D eigenvalue weighted by Gasteiger charge is -2.23. The summed E-state index contributed by atoms with van der Waals surface area (Å²) in [5, 5.41) is 8.18. The van der Waals surface area contributed by atoms with Gasteiger partial charge >= 0.3 is 0 Å². The van der Waals surface area contributed by atoms with Crippen LogP contribution in [0.5, 0.6) is 0 Å². The number of nitrogens with zero attached hydrogens (tertiary/aromatic N) is 5. The highest BCUT2D eigenvalue weighted by Gasteiger charge is 2.30. The van der Waals surface area contributed by atoms with Crippen LogP contribution in [-0.2, 0) is 0 Å². The van der Waals surface area contributed by atoms with Crippen LogP contribution in [0, 0.1) is 11.8 Å². The van der Waals surface area contributed by atoms with Crippen molar-refractivity contribution in [2.24, 2.45) is 11.8 Å². The summed E-state index contributed by atoms with van der Waals surface area (Å²) in [5.74, 6) is 2.75. The fourth-order valence-corrected chi connectivity index (χ4v) is 2.44. The third-order valence-corrected chi connectivity index (χ3v) is 3.85. The molecule has 0 bridgehead atoms. The van der Waals surface area contributed by atoms with Crippen molar-refractivity contribution in [1.82, 2.24) is 19.6 Å². The molecule has 5 nitrogen and oxygen atoms in total. The zero-order valence-electron chi connectivity index (χ0n) is 10.4. The molecule has 0 spiro atoms. The predicted octanol–water partition coefficient (Wildman–Crippen LogP) is 1.75. The van der Waals surface area contributed by atoms with E-state index >= 15 is 0 Å². The maximum absolute atomic E-state index is 4.54. The molecule has 2 aliphatic carbocycles. The van der Waals surface area contributed by atoms with E-state index in [1.165, 1.54) is 25.7 Å². The molecule has 2 aliphatic rings. The highest BCUT2D eigenvalue weighted by atomic mass is 15.3. The molecule has 5 heteroatoms. The summed E-state index contributed by atoms with van der Waals surface area (Å²) < 4.78 is 1.95. The maximum atomic E-state index is 4.54. The number of hydrogen-bond acceptors (Lipinski definition) is 4. The summed E-state index contributed by atoms with van der Waals surface area (Å²) in [6.07, 6.45) is 11.0. The molecule has 0 radical (unpaired) electrons. The Hall–Kier alpha value is -1.65. The number of rotatable bonds is 5. The molecular weight excluding hydrogens is 226 g/mol. The van der Waals surface area contributed by atoms with Gasteiger partial charge in [-0.3, -0.25) is 4.40 Å². The first-order valence-corrected chi connectivity index (χ1v) is 6.79. The van der Waals surface area contributed by atoms with Crippen LogP contribution in [-0.4, -0.2) is 32.7 Å². The standard InChI is InChI=1S/C13H17N5/c1-2-10(1)7-18(8-11-3-4-11)12-13-16-15-9-17(13)6-5-14-12/h5-6,9-11H,1-4,7-8H2. The van der Waals surface area contributed by atoms with Crippen molar-refractivity contribution < 1.29 is 0 Å². The molecule has 0 aliphatic heterocycles. The van der Waals surface area contributed by atoms with E-state index in [0.29, 0.717) is 0 Å². The van der Waals surface area contributed by atoms with Crippen LogP contribution in [0.2, 0.25) is 0 Å². The van der Waals surface area contributed by atoms with Gasteiger partial charge in [0, 0.05) is 25.5 Å². The second-order valence-electron chi connectivity index (χ2n) is 5.60. The Morgan fingerprint density at radius 2 is 1.89 bits per heavy atom. The molecule has 0 atom stereocenters. The van der Waals surface area contributed by atoms with Crippen molar-refractivity contribution in [2.45, 2.75) is 25.7 Å². The zero-order valence-corrected chi connectivity index (χ0v) is 10.4. The van der Waals surface area contributed by atoms with Gasteiger partial charge in [0.2, 0.25) is 5.65 Å². The minimum absolute atomic E-state index is 0.869. The number of fused-ring (bicyclic) bond motifs is 1. The van der Waals surface area contributed by atoms with E-state index in [-0.39, 0.29) is 0 Å². The summed E-state index contributed by atoms with van der Waals surface area (Å²) in [6, 6.07) is 0. The summed E-state index contributed by atoms with van der Waals surface area (Å²) >= 11 is 0. The molecule has 2 aromatic heterocycles. The average molecular weight is 243 g/mol. The molecule has 18 heavy (non-hydrogen) atoms. The molecular formula is C13H17N5. The van der Waals surface area contributed by atoms with Gasteiger partial charge in [-0.15, -0.1) is 10.2 Å². The van der Waals surface area contributed by atoms with E-state index < -0.39 is 0 Å². The van der Waals surface area contributed by atoms with Gasteiger partial charge in [-0.05, 0) is 37.5 Å². The third kappa shape index (κ3) is 1.94. The lowest BCUT2D eigenvalue weighted by atomic mass is 10.3. The minimum Gasteiger partial charge on any atom is -0.353 e. The molecule has 0 saturated heterocycles. The van der Waals surface area contributed by atoms with Crippen molar-refractivity contribution >= 4 is 11.5 Å². The SMILES string of the molecule is c1cn2cnnc2c(N(CC2CC2)CC2CC2)n1. The van der Waals surface area contributed by atoms with E-state index in [1.807, 2.05) is 16.8 Å². The number of aromatic nitrogens is 4. The van der Waals surface area contributed by atoms with Gasteiger partial charge in [-0.1, -0.05) is 0 Å².